The van der Waals surface area contributed by atoms with Crippen molar-refractivity contribution in [3.63, 3.8) is 0 Å². The van der Waals surface area contributed by atoms with E-state index in [0.717, 1.165) is 11.8 Å². The Labute approximate surface area is 69.4 Å². The third-order valence-electron chi connectivity index (χ3n) is 4.53. The first-order valence-electron chi connectivity index (χ1n) is 4.76. The average molecular weight is 153 g/mol. The molecule has 0 unspecified atom stereocenters. The van der Waals surface area contributed by atoms with Crippen molar-refractivity contribution in [1.29, 1.82) is 0 Å². The number of fused-ring (bicyclic) bond motifs is 2. The molecule has 3 aliphatic carbocycles. The van der Waals surface area contributed by atoms with Crippen molar-refractivity contribution in [3.05, 3.63) is 0 Å². The summed E-state index contributed by atoms with van der Waals surface area (Å²) in [7, 11) is 0. The van der Waals surface area contributed by atoms with Gasteiger partial charge in [0, 0.05) is 5.54 Å². The molecule has 2 N–H and O–H groups in total. The smallest absolute Gasteiger partial charge is 0.0211 e. The van der Waals surface area contributed by atoms with E-state index in [1.54, 1.807) is 0 Å². The van der Waals surface area contributed by atoms with Crippen LogP contribution in [0.5, 0.6) is 0 Å². The van der Waals surface area contributed by atoms with Crippen LogP contribution in [-0.4, -0.2) is 5.54 Å². The molecule has 0 saturated heterocycles. The standard InChI is InChI=1S/C10H19N/c1-7-4-5-10(11)6-8(7)9(10,2)3/h7-8H,4-6,11H2,1-3H3/t7-,8-,10+/m0/s1. The summed E-state index contributed by atoms with van der Waals surface area (Å²) in [5.41, 5.74) is 6.90. The molecule has 1 heteroatoms. The normalized spacial score (nSPS) is 53.5. The topological polar surface area (TPSA) is 26.0 Å². The van der Waals surface area contributed by atoms with Crippen LogP contribution in [0.15, 0.2) is 0 Å². The quantitative estimate of drug-likeness (QED) is 0.567. The molecule has 3 fully saturated rings. The number of rotatable bonds is 0. The Kier molecular flexibility index (Phi) is 1.26. The molecule has 3 rings (SSSR count). The second-order valence-electron chi connectivity index (χ2n) is 5.20. The van der Waals surface area contributed by atoms with Gasteiger partial charge in [0.25, 0.3) is 0 Å². The Morgan fingerprint density at radius 1 is 1.36 bits per heavy atom. The van der Waals surface area contributed by atoms with E-state index < -0.39 is 0 Å². The van der Waals surface area contributed by atoms with Gasteiger partial charge in [-0.1, -0.05) is 20.8 Å². The molecule has 0 aromatic carbocycles. The van der Waals surface area contributed by atoms with Gasteiger partial charge in [-0.15, -0.1) is 0 Å². The first kappa shape index (κ1) is 7.60. The van der Waals surface area contributed by atoms with Crippen LogP contribution in [-0.2, 0) is 0 Å². The largest absolute Gasteiger partial charge is 0.325 e. The van der Waals surface area contributed by atoms with Crippen LogP contribution in [0.25, 0.3) is 0 Å². The maximum Gasteiger partial charge on any atom is 0.0211 e. The molecule has 2 bridgehead atoms. The summed E-state index contributed by atoms with van der Waals surface area (Å²) >= 11 is 0. The number of nitrogens with two attached hydrogens (primary N) is 1. The molecule has 1 nitrogen and oxygen atoms in total. The minimum Gasteiger partial charge on any atom is -0.325 e. The van der Waals surface area contributed by atoms with E-state index in [0.29, 0.717) is 5.41 Å². The summed E-state index contributed by atoms with van der Waals surface area (Å²) in [4.78, 5) is 0. The predicted molar refractivity (Wildman–Crippen MR) is 47.2 cm³/mol. The van der Waals surface area contributed by atoms with Crippen molar-refractivity contribution < 1.29 is 0 Å². The second kappa shape index (κ2) is 1.82. The zero-order valence-electron chi connectivity index (χ0n) is 7.85. The first-order chi connectivity index (χ1) is 4.97. The Hall–Kier alpha value is -0.0400. The van der Waals surface area contributed by atoms with Crippen LogP contribution < -0.4 is 5.73 Å². The van der Waals surface area contributed by atoms with E-state index >= 15 is 0 Å². The van der Waals surface area contributed by atoms with Crippen molar-refractivity contribution in [2.75, 3.05) is 0 Å². The third kappa shape index (κ3) is 0.703. The molecule has 0 radical (unpaired) electrons. The lowest BCUT2D eigenvalue weighted by molar-refractivity contribution is -0.121. The Balaban J connectivity index is 2.25. The highest BCUT2D eigenvalue weighted by molar-refractivity contribution is 5.16. The van der Waals surface area contributed by atoms with Gasteiger partial charge in [-0.05, 0) is 36.5 Å². The van der Waals surface area contributed by atoms with Gasteiger partial charge in [0.1, 0.15) is 0 Å². The molecule has 3 aliphatic rings. The summed E-state index contributed by atoms with van der Waals surface area (Å²) in [5, 5.41) is 0. The number of hydrogen-bond donors (Lipinski definition) is 1. The minimum absolute atomic E-state index is 0.199. The summed E-state index contributed by atoms with van der Waals surface area (Å²) < 4.78 is 0. The zero-order chi connectivity index (χ0) is 8.28. The van der Waals surface area contributed by atoms with Crippen molar-refractivity contribution in [1.82, 2.24) is 0 Å². The van der Waals surface area contributed by atoms with Gasteiger partial charge in [-0.2, -0.15) is 0 Å². The number of hydrogen-bond acceptors (Lipinski definition) is 1. The highest BCUT2D eigenvalue weighted by Crippen LogP contribution is 2.62. The summed E-state index contributed by atoms with van der Waals surface area (Å²) in [6, 6.07) is 0. The van der Waals surface area contributed by atoms with Gasteiger partial charge < -0.3 is 5.73 Å². The maximum atomic E-state index is 6.28. The van der Waals surface area contributed by atoms with Gasteiger partial charge >= 0.3 is 0 Å². The molecule has 3 atom stereocenters. The van der Waals surface area contributed by atoms with Crippen LogP contribution in [0.2, 0.25) is 0 Å². The fourth-order valence-corrected chi connectivity index (χ4v) is 3.17. The Bertz CT molecular complexity index is 181. The first-order valence-corrected chi connectivity index (χ1v) is 4.76. The van der Waals surface area contributed by atoms with E-state index in [9.17, 15) is 0 Å². The van der Waals surface area contributed by atoms with E-state index in [-0.39, 0.29) is 5.54 Å². The monoisotopic (exact) mass is 153 g/mol. The molecule has 0 aliphatic heterocycles. The Morgan fingerprint density at radius 2 is 2.00 bits per heavy atom. The van der Waals surface area contributed by atoms with E-state index in [2.05, 4.69) is 20.8 Å². The van der Waals surface area contributed by atoms with Crippen LogP contribution >= 0.6 is 0 Å². The fraction of sp³-hybridized carbons (Fsp3) is 1.00. The fourth-order valence-electron chi connectivity index (χ4n) is 3.17. The average Bonchev–Trinajstić information content (AvgIpc) is 1.94. The zero-order valence-corrected chi connectivity index (χ0v) is 7.85. The molecule has 11 heavy (non-hydrogen) atoms. The van der Waals surface area contributed by atoms with E-state index in [4.69, 9.17) is 5.73 Å². The van der Waals surface area contributed by atoms with Gasteiger partial charge in [-0.25, -0.2) is 0 Å². The van der Waals surface area contributed by atoms with Crippen molar-refractivity contribution in [3.8, 4) is 0 Å². The predicted octanol–water partition coefficient (Wildman–Crippen LogP) is 2.16. The molecule has 64 valence electrons. The SMILES string of the molecule is C[C@H]1CC[C@@]2(N)C[C@@H]1C2(C)C. The van der Waals surface area contributed by atoms with Gasteiger partial charge in [-0.3, -0.25) is 0 Å². The molecule has 0 amide bonds. The van der Waals surface area contributed by atoms with Gasteiger partial charge in [0.15, 0.2) is 0 Å². The molecular weight excluding hydrogens is 134 g/mol. The van der Waals surface area contributed by atoms with Crippen LogP contribution in [0.1, 0.15) is 40.0 Å². The molecule has 3 saturated carbocycles. The Morgan fingerprint density at radius 3 is 2.36 bits per heavy atom. The van der Waals surface area contributed by atoms with Gasteiger partial charge in [0.05, 0.1) is 0 Å². The molecule has 0 aromatic rings. The summed E-state index contributed by atoms with van der Waals surface area (Å²) in [5.74, 6) is 1.82. The van der Waals surface area contributed by atoms with Crippen LogP contribution in [0.4, 0.5) is 0 Å². The third-order valence-corrected chi connectivity index (χ3v) is 4.53. The summed E-state index contributed by atoms with van der Waals surface area (Å²) in [6.45, 7) is 7.07. The molecule has 0 aromatic heterocycles. The van der Waals surface area contributed by atoms with Crippen molar-refractivity contribution in [2.24, 2.45) is 23.0 Å². The molecule has 0 heterocycles. The van der Waals surface area contributed by atoms with Crippen LogP contribution in [0, 0.1) is 17.3 Å². The lowest BCUT2D eigenvalue weighted by Crippen LogP contribution is -2.70. The van der Waals surface area contributed by atoms with E-state index in [1.807, 2.05) is 0 Å². The highest BCUT2D eigenvalue weighted by atomic mass is 14.9. The minimum atomic E-state index is 0.199. The lowest BCUT2D eigenvalue weighted by atomic mass is 9.42. The maximum absolute atomic E-state index is 6.28. The van der Waals surface area contributed by atoms with E-state index in [1.165, 1.54) is 19.3 Å². The highest BCUT2D eigenvalue weighted by Gasteiger charge is 2.61. The molecular formula is C10H19N. The van der Waals surface area contributed by atoms with Crippen molar-refractivity contribution in [2.45, 2.75) is 45.6 Å². The molecule has 0 spiro atoms. The van der Waals surface area contributed by atoms with Crippen molar-refractivity contribution >= 4 is 0 Å². The summed E-state index contributed by atoms with van der Waals surface area (Å²) in [6.07, 6.45) is 3.88. The van der Waals surface area contributed by atoms with Crippen LogP contribution in [0.3, 0.4) is 0 Å². The second-order valence-corrected chi connectivity index (χ2v) is 5.20. The van der Waals surface area contributed by atoms with Gasteiger partial charge in [0.2, 0.25) is 0 Å². The lowest BCUT2D eigenvalue weighted by Gasteiger charge is -2.66.